The predicted octanol–water partition coefficient (Wildman–Crippen LogP) is 5.40. The molecule has 3 rings (SSSR count). The van der Waals surface area contributed by atoms with Crippen molar-refractivity contribution in [1.82, 2.24) is 4.98 Å². The number of benzene rings is 2. The molecule has 0 amide bonds. The lowest BCUT2D eigenvalue weighted by Crippen LogP contribution is -1.93. The number of ether oxygens (including phenoxy) is 1. The smallest absolute Gasteiger partial charge is 0.187 e. The highest BCUT2D eigenvalue weighted by Gasteiger charge is 2.07. The van der Waals surface area contributed by atoms with Crippen molar-refractivity contribution in [2.24, 2.45) is 0 Å². The van der Waals surface area contributed by atoms with Gasteiger partial charge in [-0.1, -0.05) is 0 Å². The van der Waals surface area contributed by atoms with Gasteiger partial charge in [0, 0.05) is 16.6 Å². The highest BCUT2D eigenvalue weighted by molar-refractivity contribution is 7.14. The van der Waals surface area contributed by atoms with Gasteiger partial charge in [0.05, 0.1) is 12.3 Å². The minimum absolute atomic E-state index is 0.197. The Morgan fingerprint density at radius 1 is 1.17 bits per heavy atom. The minimum Gasteiger partial charge on any atom is -0.494 e. The van der Waals surface area contributed by atoms with Crippen LogP contribution in [-0.4, -0.2) is 11.6 Å². The molecule has 0 spiro atoms. The van der Waals surface area contributed by atoms with Crippen molar-refractivity contribution >= 4 is 22.2 Å². The molecule has 1 N–H and O–H groups in total. The summed E-state index contributed by atoms with van der Waals surface area (Å²) >= 11 is 1.52. The van der Waals surface area contributed by atoms with Crippen LogP contribution in [0.4, 0.5) is 15.2 Å². The molecule has 0 atom stereocenters. The minimum atomic E-state index is -0.197. The Morgan fingerprint density at radius 3 is 2.65 bits per heavy atom. The van der Waals surface area contributed by atoms with E-state index in [0.29, 0.717) is 12.2 Å². The number of rotatable bonds is 5. The van der Waals surface area contributed by atoms with Gasteiger partial charge in [0.25, 0.3) is 0 Å². The van der Waals surface area contributed by atoms with Crippen LogP contribution in [0.5, 0.6) is 5.75 Å². The maximum Gasteiger partial charge on any atom is 0.187 e. The van der Waals surface area contributed by atoms with Gasteiger partial charge in [0.2, 0.25) is 0 Å². The van der Waals surface area contributed by atoms with Crippen molar-refractivity contribution in [3.8, 4) is 17.0 Å². The number of nitrogens with one attached hydrogen (secondary N) is 1. The van der Waals surface area contributed by atoms with E-state index in [-0.39, 0.29) is 5.82 Å². The van der Waals surface area contributed by atoms with E-state index in [2.05, 4.69) is 10.3 Å². The fourth-order valence-corrected chi connectivity index (χ4v) is 2.93. The molecule has 23 heavy (non-hydrogen) atoms. The predicted molar refractivity (Wildman–Crippen MR) is 93.1 cm³/mol. The molecule has 0 unspecified atom stereocenters. The standard InChI is InChI=1S/C18H17FN2OS/c1-3-22-15-7-5-14(6-8-15)20-18-21-17(11-23-18)13-4-9-16(19)12(2)10-13/h4-11H,3H2,1-2H3,(H,20,21). The average Bonchev–Trinajstić information content (AvgIpc) is 3.01. The van der Waals surface area contributed by atoms with Gasteiger partial charge >= 0.3 is 0 Å². The normalized spacial score (nSPS) is 10.6. The van der Waals surface area contributed by atoms with E-state index in [1.165, 1.54) is 17.4 Å². The molecule has 0 radical (unpaired) electrons. The molecule has 0 aliphatic carbocycles. The van der Waals surface area contributed by atoms with Crippen LogP contribution in [0.2, 0.25) is 0 Å². The third-order valence-electron chi connectivity index (χ3n) is 3.37. The second kappa shape index (κ2) is 6.79. The zero-order valence-electron chi connectivity index (χ0n) is 13.0. The number of halogens is 1. The van der Waals surface area contributed by atoms with E-state index < -0.39 is 0 Å². The Kier molecular flexibility index (Phi) is 4.57. The fourth-order valence-electron chi connectivity index (χ4n) is 2.19. The summed E-state index contributed by atoms with van der Waals surface area (Å²) in [7, 11) is 0. The summed E-state index contributed by atoms with van der Waals surface area (Å²) in [6, 6.07) is 12.8. The quantitative estimate of drug-likeness (QED) is 0.681. The van der Waals surface area contributed by atoms with Gasteiger partial charge in [-0.15, -0.1) is 11.3 Å². The monoisotopic (exact) mass is 328 g/mol. The van der Waals surface area contributed by atoms with E-state index in [1.807, 2.05) is 42.6 Å². The number of hydrogen-bond acceptors (Lipinski definition) is 4. The first-order chi connectivity index (χ1) is 11.2. The largest absolute Gasteiger partial charge is 0.494 e. The second-order valence-corrected chi connectivity index (χ2v) is 5.94. The Hall–Kier alpha value is -2.40. The summed E-state index contributed by atoms with van der Waals surface area (Å²) in [5, 5.41) is 6.03. The van der Waals surface area contributed by atoms with E-state index >= 15 is 0 Å². The van der Waals surface area contributed by atoms with Gasteiger partial charge in [-0.25, -0.2) is 9.37 Å². The first-order valence-corrected chi connectivity index (χ1v) is 8.25. The molecule has 0 saturated carbocycles. The van der Waals surface area contributed by atoms with Crippen molar-refractivity contribution in [3.05, 3.63) is 59.2 Å². The summed E-state index contributed by atoms with van der Waals surface area (Å²) in [6.45, 7) is 4.37. The number of aryl methyl sites for hydroxylation is 1. The second-order valence-electron chi connectivity index (χ2n) is 5.08. The third kappa shape index (κ3) is 3.68. The van der Waals surface area contributed by atoms with E-state index in [1.54, 1.807) is 13.0 Å². The van der Waals surface area contributed by atoms with Crippen LogP contribution in [0, 0.1) is 12.7 Å². The van der Waals surface area contributed by atoms with Crippen molar-refractivity contribution < 1.29 is 9.13 Å². The summed E-state index contributed by atoms with van der Waals surface area (Å²) in [5.41, 5.74) is 3.33. The molecule has 1 heterocycles. The Labute approximate surface area is 138 Å². The van der Waals surface area contributed by atoms with Crippen LogP contribution in [0.25, 0.3) is 11.3 Å². The summed E-state index contributed by atoms with van der Waals surface area (Å²) in [4.78, 5) is 4.56. The van der Waals surface area contributed by atoms with Gasteiger partial charge in [-0.2, -0.15) is 0 Å². The molecule has 0 fully saturated rings. The maximum atomic E-state index is 13.4. The molecular formula is C18H17FN2OS. The molecule has 0 bridgehead atoms. The number of hydrogen-bond donors (Lipinski definition) is 1. The molecule has 0 aliphatic heterocycles. The molecule has 5 heteroatoms. The van der Waals surface area contributed by atoms with E-state index in [0.717, 1.165) is 27.8 Å². The molecule has 0 aliphatic rings. The van der Waals surface area contributed by atoms with Crippen LogP contribution in [0.3, 0.4) is 0 Å². The summed E-state index contributed by atoms with van der Waals surface area (Å²) < 4.78 is 18.8. The van der Waals surface area contributed by atoms with Crippen LogP contribution >= 0.6 is 11.3 Å². The van der Waals surface area contributed by atoms with Crippen LogP contribution in [0.15, 0.2) is 47.8 Å². The molecule has 3 aromatic rings. The Balaban J connectivity index is 1.75. The molecular weight excluding hydrogens is 311 g/mol. The van der Waals surface area contributed by atoms with Gasteiger partial charge in [-0.05, 0) is 61.9 Å². The van der Waals surface area contributed by atoms with Crippen molar-refractivity contribution in [2.75, 3.05) is 11.9 Å². The Bertz CT molecular complexity index is 799. The lowest BCUT2D eigenvalue weighted by Gasteiger charge is -2.05. The van der Waals surface area contributed by atoms with Crippen LogP contribution in [0.1, 0.15) is 12.5 Å². The first-order valence-electron chi connectivity index (χ1n) is 7.37. The molecule has 2 aromatic carbocycles. The Morgan fingerprint density at radius 2 is 1.96 bits per heavy atom. The third-order valence-corrected chi connectivity index (χ3v) is 4.13. The summed E-state index contributed by atoms with van der Waals surface area (Å²) in [6.07, 6.45) is 0. The molecule has 118 valence electrons. The van der Waals surface area contributed by atoms with Gasteiger partial charge < -0.3 is 10.1 Å². The number of nitrogens with zero attached hydrogens (tertiary/aromatic N) is 1. The zero-order valence-corrected chi connectivity index (χ0v) is 13.8. The fraction of sp³-hybridized carbons (Fsp3) is 0.167. The average molecular weight is 328 g/mol. The van der Waals surface area contributed by atoms with Gasteiger partial charge in [-0.3, -0.25) is 0 Å². The van der Waals surface area contributed by atoms with Gasteiger partial charge in [0.1, 0.15) is 11.6 Å². The lowest BCUT2D eigenvalue weighted by atomic mass is 10.1. The van der Waals surface area contributed by atoms with Crippen molar-refractivity contribution in [2.45, 2.75) is 13.8 Å². The van der Waals surface area contributed by atoms with Gasteiger partial charge in [0.15, 0.2) is 5.13 Å². The maximum absolute atomic E-state index is 13.4. The first kappa shape index (κ1) is 15.5. The highest BCUT2D eigenvalue weighted by Crippen LogP contribution is 2.28. The molecule has 1 aromatic heterocycles. The van der Waals surface area contributed by atoms with E-state index in [4.69, 9.17) is 4.74 Å². The SMILES string of the molecule is CCOc1ccc(Nc2nc(-c3ccc(F)c(C)c3)cs2)cc1. The summed E-state index contributed by atoms with van der Waals surface area (Å²) in [5.74, 6) is 0.649. The van der Waals surface area contributed by atoms with Crippen molar-refractivity contribution in [3.63, 3.8) is 0 Å². The molecule has 3 nitrogen and oxygen atoms in total. The number of anilines is 2. The van der Waals surface area contributed by atoms with Crippen molar-refractivity contribution in [1.29, 1.82) is 0 Å². The lowest BCUT2D eigenvalue weighted by molar-refractivity contribution is 0.340. The number of thiazole rings is 1. The zero-order chi connectivity index (χ0) is 16.2. The number of aromatic nitrogens is 1. The molecule has 0 saturated heterocycles. The van der Waals surface area contributed by atoms with Crippen LogP contribution in [-0.2, 0) is 0 Å². The highest BCUT2D eigenvalue weighted by atomic mass is 32.1. The topological polar surface area (TPSA) is 34.1 Å². The van der Waals surface area contributed by atoms with Crippen LogP contribution < -0.4 is 10.1 Å². The van der Waals surface area contributed by atoms with E-state index in [9.17, 15) is 4.39 Å².